The first-order valence-corrected chi connectivity index (χ1v) is 6.12. The second-order valence-electron chi connectivity index (χ2n) is 5.68. The van der Waals surface area contributed by atoms with Crippen LogP contribution in [0.25, 0.3) is 0 Å². The summed E-state index contributed by atoms with van der Waals surface area (Å²) in [6.45, 7) is 8.49. The molecule has 2 rings (SSSR count). The molecular weight excluding hydrogens is 210 g/mol. The van der Waals surface area contributed by atoms with E-state index in [4.69, 9.17) is 5.73 Å². The number of benzene rings is 1. The van der Waals surface area contributed by atoms with Gasteiger partial charge >= 0.3 is 0 Å². The Balaban J connectivity index is 2.12. The fourth-order valence-corrected chi connectivity index (χ4v) is 1.99. The summed E-state index contributed by atoms with van der Waals surface area (Å²) in [4.78, 5) is 0. The summed E-state index contributed by atoms with van der Waals surface area (Å²) in [6, 6.07) is 8.73. The predicted octanol–water partition coefficient (Wildman–Crippen LogP) is 2.46. The molecule has 0 saturated heterocycles. The number of hydrogen-bond acceptors (Lipinski definition) is 3. The Bertz CT molecular complexity index is 429. The molecular formula is C14H21N3. The molecule has 0 amide bonds. The van der Waals surface area contributed by atoms with E-state index in [2.05, 4.69) is 50.1 Å². The molecule has 92 valence electrons. The number of hydrogen-bond donors (Lipinski definition) is 1. The highest BCUT2D eigenvalue weighted by Gasteiger charge is 2.15. The normalized spacial score (nSPS) is 16.2. The van der Waals surface area contributed by atoms with E-state index < -0.39 is 0 Å². The molecule has 1 aromatic rings. The predicted molar refractivity (Wildman–Crippen MR) is 71.8 cm³/mol. The highest BCUT2D eigenvalue weighted by atomic mass is 15.5. The lowest BCUT2D eigenvalue weighted by molar-refractivity contribution is 0.310. The fourth-order valence-electron chi connectivity index (χ4n) is 1.99. The van der Waals surface area contributed by atoms with Crippen molar-refractivity contribution in [1.29, 1.82) is 0 Å². The van der Waals surface area contributed by atoms with Crippen molar-refractivity contribution in [3.8, 4) is 0 Å². The molecule has 0 aliphatic carbocycles. The van der Waals surface area contributed by atoms with Crippen LogP contribution < -0.4 is 5.73 Å². The summed E-state index contributed by atoms with van der Waals surface area (Å²) in [5.41, 5.74) is 8.55. The fraction of sp³-hybridized carbons (Fsp3) is 0.500. The van der Waals surface area contributed by atoms with Crippen LogP contribution in [0, 0.1) is 0 Å². The highest BCUT2D eigenvalue weighted by Crippen LogP contribution is 2.23. The SMILES string of the molecule is CC(C)(C)c1cccc(CN2CCC(N)=N2)c1. The zero-order valence-corrected chi connectivity index (χ0v) is 10.9. The molecule has 0 spiro atoms. The molecule has 0 saturated carbocycles. The molecule has 1 aliphatic heterocycles. The van der Waals surface area contributed by atoms with Gasteiger partial charge < -0.3 is 5.73 Å². The molecule has 0 fully saturated rings. The van der Waals surface area contributed by atoms with Gasteiger partial charge in [-0.05, 0) is 16.5 Å². The van der Waals surface area contributed by atoms with E-state index in [1.807, 2.05) is 5.01 Å². The minimum atomic E-state index is 0.198. The van der Waals surface area contributed by atoms with Gasteiger partial charge in [0.15, 0.2) is 0 Å². The van der Waals surface area contributed by atoms with Crippen molar-refractivity contribution in [3.63, 3.8) is 0 Å². The smallest absolute Gasteiger partial charge is 0.121 e. The van der Waals surface area contributed by atoms with Crippen molar-refractivity contribution in [1.82, 2.24) is 5.01 Å². The summed E-state index contributed by atoms with van der Waals surface area (Å²) in [5.74, 6) is 0.747. The van der Waals surface area contributed by atoms with Gasteiger partial charge in [0, 0.05) is 13.0 Å². The summed E-state index contributed by atoms with van der Waals surface area (Å²) in [7, 11) is 0. The second-order valence-corrected chi connectivity index (χ2v) is 5.68. The maximum Gasteiger partial charge on any atom is 0.121 e. The van der Waals surface area contributed by atoms with Crippen molar-refractivity contribution in [2.24, 2.45) is 10.8 Å². The van der Waals surface area contributed by atoms with E-state index >= 15 is 0 Å². The lowest BCUT2D eigenvalue weighted by Crippen LogP contribution is -2.15. The third kappa shape index (κ3) is 2.99. The van der Waals surface area contributed by atoms with Crippen molar-refractivity contribution in [2.45, 2.75) is 39.2 Å². The molecule has 2 N–H and O–H groups in total. The van der Waals surface area contributed by atoms with Crippen LogP contribution in [0.1, 0.15) is 38.3 Å². The molecule has 3 heteroatoms. The second kappa shape index (κ2) is 4.40. The standard InChI is InChI=1S/C14H21N3/c1-14(2,3)12-6-4-5-11(9-12)10-17-8-7-13(15)16-17/h4-6,9H,7-8,10H2,1-3H3,(H2,15,16). The van der Waals surface area contributed by atoms with Gasteiger partial charge in [-0.3, -0.25) is 5.01 Å². The Labute approximate surface area is 103 Å². The average Bonchev–Trinajstić information content (AvgIpc) is 2.63. The summed E-state index contributed by atoms with van der Waals surface area (Å²) in [6.07, 6.45) is 0.888. The minimum absolute atomic E-state index is 0.198. The number of nitrogens with zero attached hydrogens (tertiary/aromatic N) is 2. The molecule has 0 bridgehead atoms. The van der Waals surface area contributed by atoms with Crippen molar-refractivity contribution in [2.75, 3.05) is 6.54 Å². The summed E-state index contributed by atoms with van der Waals surface area (Å²) < 4.78 is 0. The van der Waals surface area contributed by atoms with Crippen LogP contribution in [-0.2, 0) is 12.0 Å². The number of hydrazone groups is 1. The topological polar surface area (TPSA) is 41.6 Å². The minimum Gasteiger partial charge on any atom is -0.386 e. The van der Waals surface area contributed by atoms with Crippen LogP contribution in [0.15, 0.2) is 29.4 Å². The third-order valence-electron chi connectivity index (χ3n) is 3.05. The first-order valence-electron chi connectivity index (χ1n) is 6.12. The monoisotopic (exact) mass is 231 g/mol. The average molecular weight is 231 g/mol. The van der Waals surface area contributed by atoms with Gasteiger partial charge in [0.05, 0.1) is 6.54 Å². The lowest BCUT2D eigenvalue weighted by Gasteiger charge is -2.21. The quantitative estimate of drug-likeness (QED) is 0.849. The van der Waals surface area contributed by atoms with Crippen LogP contribution in [0.2, 0.25) is 0 Å². The van der Waals surface area contributed by atoms with Crippen LogP contribution in [0.3, 0.4) is 0 Å². The Kier molecular flexibility index (Phi) is 3.09. The third-order valence-corrected chi connectivity index (χ3v) is 3.05. The molecule has 0 unspecified atom stereocenters. The van der Waals surface area contributed by atoms with Crippen LogP contribution >= 0.6 is 0 Å². The Morgan fingerprint density at radius 3 is 2.71 bits per heavy atom. The van der Waals surface area contributed by atoms with E-state index in [0.717, 1.165) is 25.3 Å². The number of rotatable bonds is 2. The highest BCUT2D eigenvalue weighted by molar-refractivity contribution is 5.81. The molecule has 3 nitrogen and oxygen atoms in total. The number of nitrogens with two attached hydrogens (primary N) is 1. The maximum atomic E-state index is 5.69. The van der Waals surface area contributed by atoms with E-state index in [1.54, 1.807) is 0 Å². The van der Waals surface area contributed by atoms with Crippen molar-refractivity contribution >= 4 is 5.84 Å². The Hall–Kier alpha value is -1.51. The van der Waals surface area contributed by atoms with Crippen molar-refractivity contribution < 1.29 is 0 Å². The van der Waals surface area contributed by atoms with Crippen LogP contribution in [0.4, 0.5) is 0 Å². The first kappa shape index (κ1) is 12.0. The molecule has 17 heavy (non-hydrogen) atoms. The molecule has 1 heterocycles. The Morgan fingerprint density at radius 2 is 2.12 bits per heavy atom. The molecule has 1 aliphatic rings. The number of amidine groups is 1. The lowest BCUT2D eigenvalue weighted by atomic mass is 9.86. The van der Waals surface area contributed by atoms with Crippen LogP contribution in [-0.4, -0.2) is 17.4 Å². The summed E-state index contributed by atoms with van der Waals surface area (Å²) >= 11 is 0. The Morgan fingerprint density at radius 1 is 1.35 bits per heavy atom. The van der Waals surface area contributed by atoms with E-state index in [9.17, 15) is 0 Å². The van der Waals surface area contributed by atoms with E-state index in [-0.39, 0.29) is 5.41 Å². The van der Waals surface area contributed by atoms with Gasteiger partial charge in [0.25, 0.3) is 0 Å². The molecule has 0 radical (unpaired) electrons. The molecule has 0 aromatic heterocycles. The summed E-state index contributed by atoms with van der Waals surface area (Å²) in [5, 5.41) is 6.34. The van der Waals surface area contributed by atoms with Gasteiger partial charge in [-0.1, -0.05) is 45.0 Å². The zero-order valence-electron chi connectivity index (χ0n) is 10.9. The van der Waals surface area contributed by atoms with E-state index in [1.165, 1.54) is 11.1 Å². The van der Waals surface area contributed by atoms with Gasteiger partial charge in [0.1, 0.15) is 5.84 Å². The van der Waals surface area contributed by atoms with Crippen LogP contribution in [0.5, 0.6) is 0 Å². The molecule has 0 atom stereocenters. The largest absolute Gasteiger partial charge is 0.386 e. The van der Waals surface area contributed by atoms with Gasteiger partial charge in [-0.25, -0.2) is 0 Å². The first-order chi connectivity index (χ1) is 7.95. The van der Waals surface area contributed by atoms with Gasteiger partial charge in [-0.2, -0.15) is 5.10 Å². The van der Waals surface area contributed by atoms with E-state index in [0.29, 0.717) is 0 Å². The maximum absolute atomic E-state index is 5.69. The van der Waals surface area contributed by atoms with Gasteiger partial charge in [-0.15, -0.1) is 0 Å². The molecule has 1 aromatic carbocycles. The van der Waals surface area contributed by atoms with Crippen molar-refractivity contribution in [3.05, 3.63) is 35.4 Å². The zero-order chi connectivity index (χ0) is 12.5. The van der Waals surface area contributed by atoms with Gasteiger partial charge in [0.2, 0.25) is 0 Å².